The number of likely N-dealkylation sites (tertiary alicyclic amines) is 1. The van der Waals surface area contributed by atoms with Crippen LogP contribution in [0.2, 0.25) is 0 Å². The smallest absolute Gasteiger partial charge is 0.267 e. The summed E-state index contributed by atoms with van der Waals surface area (Å²) in [4.78, 5) is 43.9. The normalized spacial score (nSPS) is 20.5. The van der Waals surface area contributed by atoms with Crippen molar-refractivity contribution in [3.05, 3.63) is 59.9 Å². The molecule has 2 fully saturated rings. The van der Waals surface area contributed by atoms with Gasteiger partial charge >= 0.3 is 0 Å². The zero-order valence-corrected chi connectivity index (χ0v) is 19.4. The third kappa shape index (κ3) is 4.94. The van der Waals surface area contributed by atoms with Crippen LogP contribution in [-0.2, 0) is 9.59 Å². The van der Waals surface area contributed by atoms with Crippen molar-refractivity contribution in [3.8, 4) is 11.5 Å². The van der Waals surface area contributed by atoms with E-state index in [1.165, 1.54) is 24.3 Å². The van der Waals surface area contributed by atoms with Gasteiger partial charge in [0, 0.05) is 50.7 Å². The topological polar surface area (TPSA) is 79.4 Å². The molecule has 0 spiro atoms. The van der Waals surface area contributed by atoms with Gasteiger partial charge in [-0.1, -0.05) is 12.1 Å². The molecule has 3 amide bonds. The number of carbonyl (C=O) groups is 3. The number of hydrogen-bond donors (Lipinski definition) is 0. The van der Waals surface area contributed by atoms with Crippen LogP contribution in [0, 0.1) is 11.7 Å². The van der Waals surface area contributed by atoms with Crippen LogP contribution in [0.4, 0.5) is 4.39 Å². The Balaban J connectivity index is 1.09. The number of para-hydroxylation sites is 2. The Kier molecular flexibility index (Phi) is 6.57. The summed E-state index contributed by atoms with van der Waals surface area (Å²) in [5, 5.41) is 0. The van der Waals surface area contributed by atoms with Gasteiger partial charge in [0.2, 0.25) is 12.0 Å². The molecule has 3 heterocycles. The number of piperidine rings is 1. The quantitative estimate of drug-likeness (QED) is 0.672. The Bertz CT molecular complexity index is 1090. The maximum atomic E-state index is 13.1. The van der Waals surface area contributed by atoms with E-state index < -0.39 is 6.10 Å². The minimum absolute atomic E-state index is 0.0807. The number of carbonyl (C=O) groups excluding carboxylic acids is 3. The van der Waals surface area contributed by atoms with Gasteiger partial charge < -0.3 is 24.2 Å². The highest BCUT2D eigenvalue weighted by Gasteiger charge is 2.35. The van der Waals surface area contributed by atoms with Gasteiger partial charge in [-0.3, -0.25) is 14.4 Å². The Morgan fingerprint density at radius 1 is 0.743 bits per heavy atom. The first-order valence-electron chi connectivity index (χ1n) is 12.0. The van der Waals surface area contributed by atoms with Crippen LogP contribution in [0.25, 0.3) is 0 Å². The fourth-order valence-corrected chi connectivity index (χ4v) is 4.85. The van der Waals surface area contributed by atoms with Gasteiger partial charge in [0.1, 0.15) is 12.4 Å². The molecule has 0 aromatic heterocycles. The van der Waals surface area contributed by atoms with Crippen LogP contribution in [0.3, 0.4) is 0 Å². The van der Waals surface area contributed by atoms with Gasteiger partial charge in [-0.05, 0) is 49.2 Å². The van der Waals surface area contributed by atoms with Gasteiger partial charge in [-0.15, -0.1) is 0 Å². The van der Waals surface area contributed by atoms with E-state index in [1.54, 1.807) is 15.9 Å². The molecule has 5 rings (SSSR count). The Labute approximate surface area is 203 Å². The molecule has 184 valence electrons. The summed E-state index contributed by atoms with van der Waals surface area (Å²) in [6, 6.07) is 12.8. The number of benzene rings is 2. The summed E-state index contributed by atoms with van der Waals surface area (Å²) in [5.74, 6) is 0.502. The minimum atomic E-state index is -0.685. The van der Waals surface area contributed by atoms with Crippen molar-refractivity contribution in [3.63, 3.8) is 0 Å². The fraction of sp³-hybridized carbons (Fsp3) is 0.423. The van der Waals surface area contributed by atoms with E-state index >= 15 is 0 Å². The first kappa shape index (κ1) is 23.1. The minimum Gasteiger partial charge on any atom is -0.485 e. The number of fused-ring (bicyclic) bond motifs is 1. The van der Waals surface area contributed by atoms with Crippen LogP contribution >= 0.6 is 0 Å². The Morgan fingerprint density at radius 2 is 1.34 bits per heavy atom. The number of hydrogen-bond acceptors (Lipinski definition) is 5. The zero-order chi connectivity index (χ0) is 24.4. The van der Waals surface area contributed by atoms with Crippen molar-refractivity contribution in [2.75, 3.05) is 45.9 Å². The third-order valence-electron chi connectivity index (χ3n) is 6.91. The van der Waals surface area contributed by atoms with Crippen LogP contribution in [0.15, 0.2) is 48.5 Å². The predicted molar refractivity (Wildman–Crippen MR) is 125 cm³/mol. The standard InChI is InChI=1S/C26H28FN3O5/c27-20-7-5-18(6-8-20)24(31)28-11-9-19(10-12-28)25(32)29-13-15-30(16-14-29)26(33)23-17-34-21-3-1-2-4-22(21)35-23/h1-8,19,23H,9-17H2/t23-/m1/s1. The molecular weight excluding hydrogens is 453 g/mol. The van der Waals surface area contributed by atoms with Gasteiger partial charge in [-0.2, -0.15) is 0 Å². The molecule has 35 heavy (non-hydrogen) atoms. The largest absolute Gasteiger partial charge is 0.485 e. The average molecular weight is 482 g/mol. The highest BCUT2D eigenvalue weighted by atomic mass is 19.1. The molecule has 3 aliphatic heterocycles. The molecule has 0 bridgehead atoms. The molecule has 0 saturated carbocycles. The van der Waals surface area contributed by atoms with E-state index in [4.69, 9.17) is 9.47 Å². The van der Waals surface area contributed by atoms with E-state index in [2.05, 4.69) is 0 Å². The van der Waals surface area contributed by atoms with E-state index in [1.807, 2.05) is 23.1 Å². The highest BCUT2D eigenvalue weighted by molar-refractivity contribution is 5.94. The molecule has 0 N–H and O–H groups in total. The predicted octanol–water partition coefficient (Wildman–Crippen LogP) is 2.19. The molecule has 1 atom stereocenters. The van der Waals surface area contributed by atoms with Crippen molar-refractivity contribution < 1.29 is 28.2 Å². The molecule has 8 nitrogen and oxygen atoms in total. The van der Waals surface area contributed by atoms with Crippen LogP contribution in [0.5, 0.6) is 11.5 Å². The lowest BCUT2D eigenvalue weighted by Gasteiger charge is -2.39. The SMILES string of the molecule is O=C(c1ccc(F)cc1)N1CCC(C(=O)N2CCN(C(=O)[C@H]3COc4ccccc4O3)CC2)CC1. The van der Waals surface area contributed by atoms with Crippen molar-refractivity contribution in [2.24, 2.45) is 5.92 Å². The summed E-state index contributed by atoms with van der Waals surface area (Å²) in [7, 11) is 0. The first-order chi connectivity index (χ1) is 17.0. The molecule has 9 heteroatoms. The molecule has 2 aromatic carbocycles. The monoisotopic (exact) mass is 481 g/mol. The summed E-state index contributed by atoms with van der Waals surface area (Å²) < 4.78 is 24.6. The number of piperazine rings is 1. The molecule has 0 unspecified atom stereocenters. The second-order valence-corrected chi connectivity index (χ2v) is 9.09. The van der Waals surface area contributed by atoms with Gasteiger partial charge in [-0.25, -0.2) is 4.39 Å². The molecule has 0 radical (unpaired) electrons. The number of amides is 3. The molecule has 2 saturated heterocycles. The summed E-state index contributed by atoms with van der Waals surface area (Å²) >= 11 is 0. The summed E-state index contributed by atoms with van der Waals surface area (Å²) in [6.45, 7) is 3.01. The maximum Gasteiger partial charge on any atom is 0.267 e. The second kappa shape index (κ2) is 9.93. The van der Waals surface area contributed by atoms with Crippen molar-refractivity contribution in [2.45, 2.75) is 18.9 Å². The van der Waals surface area contributed by atoms with E-state index in [0.29, 0.717) is 69.2 Å². The van der Waals surface area contributed by atoms with Crippen LogP contribution in [0.1, 0.15) is 23.2 Å². The molecular formula is C26H28FN3O5. The van der Waals surface area contributed by atoms with E-state index in [-0.39, 0.29) is 36.1 Å². The van der Waals surface area contributed by atoms with Crippen molar-refractivity contribution in [1.82, 2.24) is 14.7 Å². The van der Waals surface area contributed by atoms with Crippen molar-refractivity contribution in [1.29, 1.82) is 0 Å². The molecule has 0 aliphatic carbocycles. The second-order valence-electron chi connectivity index (χ2n) is 9.09. The third-order valence-corrected chi connectivity index (χ3v) is 6.91. The molecule has 3 aliphatic rings. The van der Waals surface area contributed by atoms with Crippen molar-refractivity contribution >= 4 is 17.7 Å². The maximum absolute atomic E-state index is 13.1. The number of ether oxygens (including phenoxy) is 2. The van der Waals surface area contributed by atoms with Gasteiger partial charge in [0.25, 0.3) is 11.8 Å². The van der Waals surface area contributed by atoms with E-state index in [9.17, 15) is 18.8 Å². The van der Waals surface area contributed by atoms with Crippen LogP contribution < -0.4 is 9.47 Å². The first-order valence-corrected chi connectivity index (χ1v) is 12.0. The summed E-state index contributed by atoms with van der Waals surface area (Å²) in [5.41, 5.74) is 0.452. The lowest BCUT2D eigenvalue weighted by Crippen LogP contribution is -2.56. The average Bonchev–Trinajstić information content (AvgIpc) is 2.92. The lowest BCUT2D eigenvalue weighted by molar-refractivity contribution is -0.148. The number of nitrogens with zero attached hydrogens (tertiary/aromatic N) is 3. The Hall–Kier alpha value is -3.62. The molecule has 2 aromatic rings. The van der Waals surface area contributed by atoms with Gasteiger partial charge in [0.15, 0.2) is 11.5 Å². The van der Waals surface area contributed by atoms with E-state index in [0.717, 1.165) is 0 Å². The fourth-order valence-electron chi connectivity index (χ4n) is 4.85. The number of rotatable bonds is 3. The Morgan fingerprint density at radius 3 is 2.00 bits per heavy atom. The van der Waals surface area contributed by atoms with Gasteiger partial charge in [0.05, 0.1) is 0 Å². The summed E-state index contributed by atoms with van der Waals surface area (Å²) in [6.07, 6.45) is 0.505. The lowest BCUT2D eigenvalue weighted by atomic mass is 9.94. The highest BCUT2D eigenvalue weighted by Crippen LogP contribution is 2.31. The van der Waals surface area contributed by atoms with Crippen LogP contribution in [-0.4, -0.2) is 84.4 Å². The number of halogens is 1. The zero-order valence-electron chi connectivity index (χ0n) is 19.4.